The number of nitrogens with one attached hydrogen (secondary N) is 3. The van der Waals surface area contributed by atoms with Gasteiger partial charge in [-0.05, 0) is 56.2 Å². The lowest BCUT2D eigenvalue weighted by atomic mass is 10.1. The average Bonchev–Trinajstić information content (AvgIpc) is 3.04. The van der Waals surface area contributed by atoms with E-state index in [0.717, 1.165) is 16.8 Å². The SMILES string of the molecule is Cc1cc(=O)n2[nH]c(Nc3cccc(C)c3C)c(C(=O)Nc3cccc(Cl)c3)c2n1. The molecule has 8 heteroatoms. The monoisotopic (exact) mass is 421 g/mol. The van der Waals surface area contributed by atoms with Crippen molar-refractivity contribution in [2.45, 2.75) is 20.8 Å². The zero-order valence-corrected chi connectivity index (χ0v) is 17.5. The van der Waals surface area contributed by atoms with Crippen LogP contribution in [0.3, 0.4) is 0 Å². The van der Waals surface area contributed by atoms with Gasteiger partial charge in [0.1, 0.15) is 11.4 Å². The minimum Gasteiger partial charge on any atom is -0.340 e. The lowest BCUT2D eigenvalue weighted by Crippen LogP contribution is -2.17. The van der Waals surface area contributed by atoms with E-state index < -0.39 is 5.91 Å². The number of carbonyl (C=O) groups excluding carboxylic acids is 1. The number of halogens is 1. The smallest absolute Gasteiger partial charge is 0.272 e. The number of hydrogen-bond acceptors (Lipinski definition) is 4. The highest BCUT2D eigenvalue weighted by molar-refractivity contribution is 6.31. The molecule has 0 saturated heterocycles. The van der Waals surface area contributed by atoms with E-state index in [1.165, 1.54) is 10.6 Å². The van der Waals surface area contributed by atoms with Gasteiger partial charge in [0.15, 0.2) is 5.65 Å². The molecule has 2 aromatic heterocycles. The molecule has 0 saturated carbocycles. The molecular formula is C22H20ClN5O2. The zero-order chi connectivity index (χ0) is 21.4. The van der Waals surface area contributed by atoms with E-state index >= 15 is 0 Å². The first kappa shape index (κ1) is 19.7. The predicted octanol–water partition coefficient (Wildman–Crippen LogP) is 4.60. The van der Waals surface area contributed by atoms with Crippen LogP contribution in [0.5, 0.6) is 0 Å². The fourth-order valence-electron chi connectivity index (χ4n) is 3.24. The Balaban J connectivity index is 1.85. The summed E-state index contributed by atoms with van der Waals surface area (Å²) >= 11 is 6.03. The highest BCUT2D eigenvalue weighted by atomic mass is 35.5. The first-order chi connectivity index (χ1) is 14.3. The van der Waals surface area contributed by atoms with E-state index in [2.05, 4.69) is 20.7 Å². The zero-order valence-electron chi connectivity index (χ0n) is 16.7. The van der Waals surface area contributed by atoms with Crippen LogP contribution in [0.4, 0.5) is 17.2 Å². The van der Waals surface area contributed by atoms with Crippen molar-refractivity contribution >= 4 is 40.3 Å². The first-order valence-corrected chi connectivity index (χ1v) is 9.74. The molecule has 0 fully saturated rings. The topological polar surface area (TPSA) is 91.3 Å². The summed E-state index contributed by atoms with van der Waals surface area (Å²) in [5.74, 6) is -0.0419. The molecule has 7 nitrogen and oxygen atoms in total. The number of aromatic nitrogens is 3. The van der Waals surface area contributed by atoms with Crippen LogP contribution in [0.1, 0.15) is 27.2 Å². The molecule has 0 unspecified atom stereocenters. The molecule has 0 radical (unpaired) electrons. The molecule has 4 rings (SSSR count). The van der Waals surface area contributed by atoms with Crippen molar-refractivity contribution in [2.24, 2.45) is 0 Å². The normalized spacial score (nSPS) is 10.9. The number of aromatic amines is 1. The van der Waals surface area contributed by atoms with Crippen molar-refractivity contribution < 1.29 is 4.79 Å². The van der Waals surface area contributed by atoms with E-state index in [0.29, 0.717) is 22.2 Å². The van der Waals surface area contributed by atoms with Gasteiger partial charge in [-0.15, -0.1) is 0 Å². The molecule has 0 spiro atoms. The van der Waals surface area contributed by atoms with Crippen LogP contribution in [0.15, 0.2) is 53.3 Å². The minimum absolute atomic E-state index is 0.233. The van der Waals surface area contributed by atoms with Gasteiger partial charge < -0.3 is 10.6 Å². The van der Waals surface area contributed by atoms with Crippen molar-refractivity contribution in [3.63, 3.8) is 0 Å². The third-order valence-electron chi connectivity index (χ3n) is 4.92. The summed E-state index contributed by atoms with van der Waals surface area (Å²) in [6.45, 7) is 5.71. The van der Waals surface area contributed by atoms with Gasteiger partial charge in [0.25, 0.3) is 11.5 Å². The summed E-state index contributed by atoms with van der Waals surface area (Å²) in [6, 6.07) is 14.1. The summed E-state index contributed by atoms with van der Waals surface area (Å²) in [4.78, 5) is 30.1. The standard InChI is InChI=1S/C22H20ClN5O2/c1-12-6-4-9-17(14(12)3)26-20-19(21-24-13(2)10-18(29)28(21)27-20)22(30)25-16-8-5-7-15(23)11-16/h4-11,26-27H,1-3H3,(H,25,30). The summed E-state index contributed by atoms with van der Waals surface area (Å²) in [5.41, 5.74) is 4.20. The van der Waals surface area contributed by atoms with Crippen molar-refractivity contribution in [1.29, 1.82) is 0 Å². The molecule has 0 aliphatic heterocycles. The largest absolute Gasteiger partial charge is 0.340 e. The number of aryl methyl sites for hydroxylation is 2. The molecule has 2 heterocycles. The number of fused-ring (bicyclic) bond motifs is 1. The number of rotatable bonds is 4. The number of amides is 1. The van der Waals surface area contributed by atoms with Crippen LogP contribution in [-0.2, 0) is 0 Å². The lowest BCUT2D eigenvalue weighted by Gasteiger charge is -2.12. The summed E-state index contributed by atoms with van der Waals surface area (Å²) in [5, 5.41) is 9.57. The van der Waals surface area contributed by atoms with Crippen LogP contribution in [-0.4, -0.2) is 20.5 Å². The maximum Gasteiger partial charge on any atom is 0.272 e. The Labute approximate surface area is 177 Å². The van der Waals surface area contributed by atoms with Crippen LogP contribution in [0, 0.1) is 20.8 Å². The summed E-state index contributed by atoms with van der Waals surface area (Å²) < 4.78 is 1.26. The van der Waals surface area contributed by atoms with Gasteiger partial charge in [-0.3, -0.25) is 14.7 Å². The molecule has 0 atom stereocenters. The van der Waals surface area contributed by atoms with Crippen LogP contribution in [0.25, 0.3) is 5.65 Å². The molecule has 152 valence electrons. The van der Waals surface area contributed by atoms with Gasteiger partial charge in [0, 0.05) is 28.2 Å². The number of hydrogen-bond donors (Lipinski definition) is 3. The Morgan fingerprint density at radius 1 is 1.10 bits per heavy atom. The Morgan fingerprint density at radius 2 is 1.87 bits per heavy atom. The van der Waals surface area contributed by atoms with Crippen LogP contribution >= 0.6 is 11.6 Å². The number of nitrogens with zero attached hydrogens (tertiary/aromatic N) is 2. The maximum atomic E-state index is 13.2. The van der Waals surface area contributed by atoms with Crippen LogP contribution < -0.4 is 16.2 Å². The van der Waals surface area contributed by atoms with E-state index in [4.69, 9.17) is 11.6 Å². The van der Waals surface area contributed by atoms with Crippen LogP contribution in [0.2, 0.25) is 5.02 Å². The first-order valence-electron chi connectivity index (χ1n) is 9.36. The molecule has 0 bridgehead atoms. The molecule has 30 heavy (non-hydrogen) atoms. The Morgan fingerprint density at radius 3 is 2.63 bits per heavy atom. The molecule has 1 amide bonds. The Hall–Kier alpha value is -3.58. The molecule has 2 aromatic carbocycles. The predicted molar refractivity (Wildman–Crippen MR) is 119 cm³/mol. The number of carbonyl (C=O) groups is 1. The van der Waals surface area contributed by atoms with E-state index in [-0.39, 0.29) is 16.8 Å². The maximum absolute atomic E-state index is 13.2. The molecule has 0 aliphatic carbocycles. The van der Waals surface area contributed by atoms with Crippen molar-refractivity contribution in [3.05, 3.63) is 86.3 Å². The third kappa shape index (κ3) is 3.67. The fourth-order valence-corrected chi connectivity index (χ4v) is 3.43. The second-order valence-corrected chi connectivity index (χ2v) is 7.53. The van der Waals surface area contributed by atoms with Gasteiger partial charge >= 0.3 is 0 Å². The average molecular weight is 422 g/mol. The van der Waals surface area contributed by atoms with Gasteiger partial charge in [0.2, 0.25) is 0 Å². The summed E-state index contributed by atoms with van der Waals surface area (Å²) in [6.07, 6.45) is 0. The fraction of sp³-hybridized carbons (Fsp3) is 0.136. The van der Waals surface area contributed by atoms with Crippen molar-refractivity contribution in [1.82, 2.24) is 14.6 Å². The second-order valence-electron chi connectivity index (χ2n) is 7.09. The van der Waals surface area contributed by atoms with Gasteiger partial charge in [0.05, 0.1) is 0 Å². The third-order valence-corrected chi connectivity index (χ3v) is 5.15. The quantitative estimate of drug-likeness (QED) is 0.449. The van der Waals surface area contributed by atoms with E-state index in [1.807, 2.05) is 32.0 Å². The highest BCUT2D eigenvalue weighted by Crippen LogP contribution is 2.27. The summed E-state index contributed by atoms with van der Waals surface area (Å²) in [7, 11) is 0. The number of anilines is 3. The Bertz CT molecular complexity index is 1340. The number of H-pyrrole nitrogens is 1. The molecule has 4 aromatic rings. The number of benzene rings is 2. The second kappa shape index (κ2) is 7.68. The van der Waals surface area contributed by atoms with Crippen molar-refractivity contribution in [2.75, 3.05) is 10.6 Å². The van der Waals surface area contributed by atoms with Gasteiger partial charge in [-0.1, -0.05) is 29.8 Å². The molecule has 0 aliphatic rings. The van der Waals surface area contributed by atoms with Gasteiger partial charge in [-0.2, -0.15) is 4.52 Å². The molecular weight excluding hydrogens is 402 g/mol. The lowest BCUT2D eigenvalue weighted by molar-refractivity contribution is 0.102. The molecule has 3 N–H and O–H groups in total. The Kier molecular flexibility index (Phi) is 5.05. The van der Waals surface area contributed by atoms with Crippen molar-refractivity contribution in [3.8, 4) is 0 Å². The van der Waals surface area contributed by atoms with E-state index in [9.17, 15) is 9.59 Å². The van der Waals surface area contributed by atoms with Gasteiger partial charge in [-0.25, -0.2) is 4.98 Å². The van der Waals surface area contributed by atoms with E-state index in [1.54, 1.807) is 31.2 Å². The highest BCUT2D eigenvalue weighted by Gasteiger charge is 2.22. The minimum atomic E-state index is -0.415.